The van der Waals surface area contributed by atoms with Gasteiger partial charge < -0.3 is 10.2 Å². The Morgan fingerprint density at radius 2 is 1.89 bits per heavy atom. The summed E-state index contributed by atoms with van der Waals surface area (Å²) in [7, 11) is 0. The standard InChI is InChI=1S/C22H22ClN3O/c1-15-17(6-4-7-19(15)23)22(27)25-16-10-13-26(14-11-16)21-9-12-24-20-8-3-2-5-18(20)21/h2-9,12,16H,10-11,13-14H2,1H3,(H,25,27). The number of amides is 1. The number of rotatable bonds is 3. The van der Waals surface area contributed by atoms with E-state index < -0.39 is 0 Å². The molecule has 2 heterocycles. The second-order valence-electron chi connectivity index (χ2n) is 6.99. The number of benzene rings is 2. The first-order valence-corrected chi connectivity index (χ1v) is 9.66. The number of anilines is 1. The number of para-hydroxylation sites is 1. The Labute approximate surface area is 164 Å². The molecule has 1 aliphatic heterocycles. The van der Waals surface area contributed by atoms with Crippen LogP contribution in [0.15, 0.2) is 54.7 Å². The van der Waals surface area contributed by atoms with Crippen molar-refractivity contribution >= 4 is 34.1 Å². The van der Waals surface area contributed by atoms with Gasteiger partial charge in [-0.05, 0) is 49.6 Å². The molecule has 1 saturated heterocycles. The summed E-state index contributed by atoms with van der Waals surface area (Å²) in [5.41, 5.74) is 3.72. The van der Waals surface area contributed by atoms with E-state index in [4.69, 9.17) is 11.6 Å². The molecule has 0 spiro atoms. The third-order valence-corrected chi connectivity index (χ3v) is 5.72. The fourth-order valence-corrected chi connectivity index (χ4v) is 3.91. The highest BCUT2D eigenvalue weighted by Gasteiger charge is 2.23. The molecule has 4 rings (SSSR count). The second kappa shape index (κ2) is 7.57. The molecule has 1 fully saturated rings. The lowest BCUT2D eigenvalue weighted by atomic mass is 10.0. The Kier molecular flexibility index (Phi) is 4.99. The number of hydrogen-bond acceptors (Lipinski definition) is 3. The summed E-state index contributed by atoms with van der Waals surface area (Å²) >= 11 is 6.14. The van der Waals surface area contributed by atoms with Gasteiger partial charge in [-0.1, -0.05) is 35.9 Å². The summed E-state index contributed by atoms with van der Waals surface area (Å²) in [6, 6.07) is 15.9. The zero-order valence-corrected chi connectivity index (χ0v) is 16.0. The predicted octanol–water partition coefficient (Wildman–Crippen LogP) is 4.60. The van der Waals surface area contributed by atoms with Crippen molar-refractivity contribution in [2.45, 2.75) is 25.8 Å². The van der Waals surface area contributed by atoms with Crippen molar-refractivity contribution in [2.75, 3.05) is 18.0 Å². The van der Waals surface area contributed by atoms with Crippen LogP contribution in [0.2, 0.25) is 5.02 Å². The van der Waals surface area contributed by atoms with Gasteiger partial charge in [0.25, 0.3) is 5.91 Å². The largest absolute Gasteiger partial charge is 0.371 e. The Morgan fingerprint density at radius 1 is 1.11 bits per heavy atom. The lowest BCUT2D eigenvalue weighted by molar-refractivity contribution is 0.0930. The van der Waals surface area contributed by atoms with Gasteiger partial charge in [-0.15, -0.1) is 0 Å². The Hall–Kier alpha value is -2.59. The summed E-state index contributed by atoms with van der Waals surface area (Å²) in [5, 5.41) is 4.98. The molecule has 1 aromatic heterocycles. The van der Waals surface area contributed by atoms with Crippen molar-refractivity contribution in [3.8, 4) is 0 Å². The van der Waals surface area contributed by atoms with Crippen LogP contribution in [-0.2, 0) is 0 Å². The fourth-order valence-electron chi connectivity index (χ4n) is 3.74. The quantitative estimate of drug-likeness (QED) is 0.723. The molecule has 0 bridgehead atoms. The molecular formula is C22H22ClN3O. The molecule has 0 radical (unpaired) electrons. The molecule has 0 aliphatic carbocycles. The van der Waals surface area contributed by atoms with Crippen molar-refractivity contribution in [1.82, 2.24) is 10.3 Å². The summed E-state index contributed by atoms with van der Waals surface area (Å²) in [5.74, 6) is -0.0391. The van der Waals surface area contributed by atoms with Crippen molar-refractivity contribution in [3.63, 3.8) is 0 Å². The van der Waals surface area contributed by atoms with Gasteiger partial charge in [-0.2, -0.15) is 0 Å². The summed E-state index contributed by atoms with van der Waals surface area (Å²) < 4.78 is 0. The lowest BCUT2D eigenvalue weighted by Crippen LogP contribution is -2.44. The first kappa shape index (κ1) is 17.8. The number of nitrogens with one attached hydrogen (secondary N) is 1. The van der Waals surface area contributed by atoms with E-state index in [1.807, 2.05) is 49.5 Å². The first-order valence-electron chi connectivity index (χ1n) is 9.28. The highest BCUT2D eigenvalue weighted by atomic mass is 35.5. The summed E-state index contributed by atoms with van der Waals surface area (Å²) in [6.45, 7) is 3.70. The fraction of sp³-hybridized carbons (Fsp3) is 0.273. The van der Waals surface area contributed by atoms with Gasteiger partial charge in [0.1, 0.15) is 0 Å². The predicted molar refractivity (Wildman–Crippen MR) is 111 cm³/mol. The van der Waals surface area contributed by atoms with E-state index in [-0.39, 0.29) is 11.9 Å². The maximum Gasteiger partial charge on any atom is 0.251 e. The number of carbonyl (C=O) groups is 1. The topological polar surface area (TPSA) is 45.2 Å². The number of pyridine rings is 1. The van der Waals surface area contributed by atoms with Crippen LogP contribution in [-0.4, -0.2) is 30.0 Å². The van der Waals surface area contributed by atoms with Gasteiger partial charge >= 0.3 is 0 Å². The van der Waals surface area contributed by atoms with E-state index in [0.29, 0.717) is 10.6 Å². The number of halogens is 1. The molecule has 0 saturated carbocycles. The van der Waals surface area contributed by atoms with Gasteiger partial charge in [0, 0.05) is 47.0 Å². The zero-order valence-electron chi connectivity index (χ0n) is 15.3. The molecule has 138 valence electrons. The minimum Gasteiger partial charge on any atom is -0.371 e. The van der Waals surface area contributed by atoms with E-state index in [1.165, 1.54) is 11.1 Å². The number of fused-ring (bicyclic) bond motifs is 1. The van der Waals surface area contributed by atoms with E-state index in [9.17, 15) is 4.79 Å². The number of carbonyl (C=O) groups excluding carboxylic acids is 1. The highest BCUT2D eigenvalue weighted by molar-refractivity contribution is 6.31. The van der Waals surface area contributed by atoms with Crippen LogP contribution >= 0.6 is 11.6 Å². The molecule has 2 aromatic carbocycles. The van der Waals surface area contributed by atoms with Crippen molar-refractivity contribution in [2.24, 2.45) is 0 Å². The van der Waals surface area contributed by atoms with Gasteiger partial charge in [0.15, 0.2) is 0 Å². The maximum absolute atomic E-state index is 12.6. The normalized spacial score (nSPS) is 15.1. The highest BCUT2D eigenvalue weighted by Crippen LogP contribution is 2.28. The monoisotopic (exact) mass is 379 g/mol. The number of aromatic nitrogens is 1. The van der Waals surface area contributed by atoms with E-state index in [1.54, 1.807) is 0 Å². The van der Waals surface area contributed by atoms with Crippen LogP contribution in [0.25, 0.3) is 10.9 Å². The van der Waals surface area contributed by atoms with Crippen LogP contribution in [0, 0.1) is 6.92 Å². The molecule has 0 atom stereocenters. The van der Waals surface area contributed by atoms with Crippen molar-refractivity contribution in [1.29, 1.82) is 0 Å². The van der Waals surface area contributed by atoms with Crippen LogP contribution < -0.4 is 10.2 Å². The average molecular weight is 380 g/mol. The van der Waals surface area contributed by atoms with Gasteiger partial charge in [0.2, 0.25) is 0 Å². The van der Waals surface area contributed by atoms with Crippen molar-refractivity contribution < 1.29 is 4.79 Å². The van der Waals surface area contributed by atoms with Gasteiger partial charge in [-0.3, -0.25) is 9.78 Å². The SMILES string of the molecule is Cc1c(Cl)cccc1C(=O)NC1CCN(c2ccnc3ccccc23)CC1. The Morgan fingerprint density at radius 3 is 2.70 bits per heavy atom. The summed E-state index contributed by atoms with van der Waals surface area (Å²) in [4.78, 5) is 19.5. The first-order chi connectivity index (χ1) is 13.1. The van der Waals surface area contributed by atoms with E-state index in [0.717, 1.165) is 37.0 Å². The van der Waals surface area contributed by atoms with E-state index >= 15 is 0 Å². The molecule has 1 aliphatic rings. The molecule has 5 heteroatoms. The van der Waals surface area contributed by atoms with Gasteiger partial charge in [-0.25, -0.2) is 0 Å². The molecule has 1 amide bonds. The summed E-state index contributed by atoms with van der Waals surface area (Å²) in [6.07, 6.45) is 3.71. The minimum absolute atomic E-state index is 0.0391. The Balaban J connectivity index is 1.43. The number of piperidine rings is 1. The molecule has 3 aromatic rings. The smallest absolute Gasteiger partial charge is 0.251 e. The third-order valence-electron chi connectivity index (χ3n) is 5.31. The molecule has 4 nitrogen and oxygen atoms in total. The van der Waals surface area contributed by atoms with Crippen LogP contribution in [0.3, 0.4) is 0 Å². The van der Waals surface area contributed by atoms with Crippen LogP contribution in [0.1, 0.15) is 28.8 Å². The molecule has 0 unspecified atom stereocenters. The van der Waals surface area contributed by atoms with Crippen LogP contribution in [0.4, 0.5) is 5.69 Å². The number of hydrogen-bond donors (Lipinski definition) is 1. The molecule has 27 heavy (non-hydrogen) atoms. The van der Waals surface area contributed by atoms with E-state index in [2.05, 4.69) is 27.3 Å². The molecular weight excluding hydrogens is 358 g/mol. The maximum atomic E-state index is 12.6. The minimum atomic E-state index is -0.0391. The third kappa shape index (κ3) is 3.62. The number of nitrogens with zero attached hydrogens (tertiary/aromatic N) is 2. The lowest BCUT2D eigenvalue weighted by Gasteiger charge is -2.34. The second-order valence-corrected chi connectivity index (χ2v) is 7.40. The van der Waals surface area contributed by atoms with Crippen LogP contribution in [0.5, 0.6) is 0 Å². The molecule has 1 N–H and O–H groups in total. The average Bonchev–Trinajstić information content (AvgIpc) is 2.70. The zero-order chi connectivity index (χ0) is 18.8. The van der Waals surface area contributed by atoms with Crippen molar-refractivity contribution in [3.05, 3.63) is 70.9 Å². The van der Waals surface area contributed by atoms with Gasteiger partial charge in [0.05, 0.1) is 5.52 Å². The Bertz CT molecular complexity index is 975.